The molecule has 1 amide bonds. The Labute approximate surface area is 157 Å². The lowest BCUT2D eigenvalue weighted by Gasteiger charge is -2.28. The first-order valence-electron chi connectivity index (χ1n) is 8.43. The molecule has 136 valence electrons. The van der Waals surface area contributed by atoms with Crippen molar-refractivity contribution in [2.45, 2.75) is 38.5 Å². The van der Waals surface area contributed by atoms with E-state index in [-0.39, 0.29) is 11.9 Å². The summed E-state index contributed by atoms with van der Waals surface area (Å²) in [6.45, 7) is 3.77. The summed E-state index contributed by atoms with van der Waals surface area (Å²) in [5.74, 6) is -1.44. The van der Waals surface area contributed by atoms with Crippen LogP contribution < -0.4 is 4.90 Å². The van der Waals surface area contributed by atoms with E-state index in [4.69, 9.17) is 16.3 Å². The van der Waals surface area contributed by atoms with E-state index in [1.165, 1.54) is 0 Å². The number of ether oxygens (including phenoxy) is 1. The Morgan fingerprint density at radius 3 is 2.54 bits per heavy atom. The molecule has 0 spiro atoms. The fourth-order valence-electron chi connectivity index (χ4n) is 3.24. The van der Waals surface area contributed by atoms with E-state index in [1.54, 1.807) is 23.1 Å². The standard InChI is InChI=1S/C20H20ClNO4/c1-12(2)22-16-9-8-14(21)10-15(16)19(13-6-4-3-5-7-13)26-17(20(22)25)11-18(23)24/h3-10,12,17,19H,11H2,1-2H3,(H,23,24). The van der Waals surface area contributed by atoms with Gasteiger partial charge in [0.15, 0.2) is 0 Å². The van der Waals surface area contributed by atoms with Crippen LogP contribution in [0.1, 0.15) is 37.5 Å². The van der Waals surface area contributed by atoms with Crippen LogP contribution in [0, 0.1) is 0 Å². The van der Waals surface area contributed by atoms with E-state index in [2.05, 4.69) is 0 Å². The predicted octanol–water partition coefficient (Wildman–Crippen LogP) is 4.04. The first-order valence-corrected chi connectivity index (χ1v) is 8.81. The minimum Gasteiger partial charge on any atom is -0.481 e. The van der Waals surface area contributed by atoms with Gasteiger partial charge in [0, 0.05) is 16.6 Å². The molecule has 6 heteroatoms. The summed E-state index contributed by atoms with van der Waals surface area (Å²) in [6, 6.07) is 14.6. The van der Waals surface area contributed by atoms with Gasteiger partial charge < -0.3 is 14.7 Å². The van der Waals surface area contributed by atoms with E-state index < -0.39 is 24.6 Å². The number of carbonyl (C=O) groups excluding carboxylic acids is 1. The van der Waals surface area contributed by atoms with Crippen molar-refractivity contribution in [3.8, 4) is 0 Å². The third-order valence-corrected chi connectivity index (χ3v) is 4.56. The van der Waals surface area contributed by atoms with Crippen LogP contribution in [0.2, 0.25) is 5.02 Å². The Balaban J connectivity index is 2.19. The van der Waals surface area contributed by atoms with Crippen LogP contribution in [-0.2, 0) is 14.3 Å². The van der Waals surface area contributed by atoms with Gasteiger partial charge in [-0.2, -0.15) is 0 Å². The molecule has 1 heterocycles. The molecule has 2 aromatic carbocycles. The number of amides is 1. The van der Waals surface area contributed by atoms with Gasteiger partial charge in [-0.3, -0.25) is 9.59 Å². The Hall–Kier alpha value is -2.37. The zero-order valence-corrected chi connectivity index (χ0v) is 15.3. The fourth-order valence-corrected chi connectivity index (χ4v) is 3.42. The molecule has 2 unspecified atom stereocenters. The number of halogens is 1. The summed E-state index contributed by atoms with van der Waals surface area (Å²) in [4.78, 5) is 26.0. The highest BCUT2D eigenvalue weighted by molar-refractivity contribution is 6.30. The van der Waals surface area contributed by atoms with Crippen LogP contribution in [0.4, 0.5) is 5.69 Å². The minimum atomic E-state index is -1.08. The maximum atomic E-state index is 13.1. The summed E-state index contributed by atoms with van der Waals surface area (Å²) in [5, 5.41) is 9.78. The average Bonchev–Trinajstić information content (AvgIpc) is 2.70. The number of hydrogen-bond donors (Lipinski definition) is 1. The third-order valence-electron chi connectivity index (χ3n) is 4.32. The monoisotopic (exact) mass is 373 g/mol. The van der Waals surface area contributed by atoms with Gasteiger partial charge >= 0.3 is 5.97 Å². The van der Waals surface area contributed by atoms with Crippen LogP contribution in [0.15, 0.2) is 48.5 Å². The molecule has 0 bridgehead atoms. The molecule has 26 heavy (non-hydrogen) atoms. The van der Waals surface area contributed by atoms with Gasteiger partial charge in [0.1, 0.15) is 12.2 Å². The number of anilines is 1. The summed E-state index contributed by atoms with van der Waals surface area (Å²) < 4.78 is 6.05. The Morgan fingerprint density at radius 2 is 1.92 bits per heavy atom. The lowest BCUT2D eigenvalue weighted by molar-refractivity contribution is -0.147. The van der Waals surface area contributed by atoms with Crippen LogP contribution in [0.5, 0.6) is 0 Å². The molecule has 2 aromatic rings. The quantitative estimate of drug-likeness (QED) is 0.878. The van der Waals surface area contributed by atoms with Crippen molar-refractivity contribution in [1.82, 2.24) is 0 Å². The second-order valence-corrected chi connectivity index (χ2v) is 6.95. The maximum absolute atomic E-state index is 13.1. The van der Waals surface area contributed by atoms with Crippen molar-refractivity contribution in [3.63, 3.8) is 0 Å². The number of carbonyl (C=O) groups is 2. The van der Waals surface area contributed by atoms with E-state index in [0.29, 0.717) is 10.7 Å². The molecule has 0 aliphatic carbocycles. The minimum absolute atomic E-state index is 0.156. The number of hydrogen-bond acceptors (Lipinski definition) is 3. The molecule has 1 aliphatic heterocycles. The average molecular weight is 374 g/mol. The normalized spacial score (nSPS) is 20.0. The number of carboxylic acid groups (broad SMARTS) is 1. The lowest BCUT2D eigenvalue weighted by atomic mass is 9.99. The molecular weight excluding hydrogens is 354 g/mol. The molecule has 3 rings (SSSR count). The zero-order valence-electron chi connectivity index (χ0n) is 14.6. The number of fused-ring (bicyclic) bond motifs is 1. The number of aliphatic carboxylic acids is 1. The molecule has 0 radical (unpaired) electrons. The van der Waals surface area contributed by atoms with Crippen molar-refractivity contribution >= 4 is 29.2 Å². The first kappa shape index (κ1) is 18.4. The number of carboxylic acids is 1. The molecule has 5 nitrogen and oxygen atoms in total. The first-order chi connectivity index (χ1) is 12.4. The largest absolute Gasteiger partial charge is 0.481 e. The van der Waals surface area contributed by atoms with Crippen molar-refractivity contribution in [3.05, 3.63) is 64.7 Å². The maximum Gasteiger partial charge on any atom is 0.306 e. The highest BCUT2D eigenvalue weighted by Crippen LogP contribution is 2.40. The van der Waals surface area contributed by atoms with E-state index in [9.17, 15) is 14.7 Å². The summed E-state index contributed by atoms with van der Waals surface area (Å²) in [7, 11) is 0. The molecule has 1 N–H and O–H groups in total. The molecule has 0 saturated heterocycles. The van der Waals surface area contributed by atoms with Gasteiger partial charge in [-0.15, -0.1) is 0 Å². The highest BCUT2D eigenvalue weighted by Gasteiger charge is 2.38. The molecule has 0 saturated carbocycles. The molecule has 0 aromatic heterocycles. The molecule has 1 aliphatic rings. The van der Waals surface area contributed by atoms with Gasteiger partial charge in [-0.05, 0) is 37.6 Å². The predicted molar refractivity (Wildman–Crippen MR) is 99.5 cm³/mol. The second kappa shape index (κ2) is 7.48. The van der Waals surface area contributed by atoms with Crippen molar-refractivity contribution < 1.29 is 19.4 Å². The van der Waals surface area contributed by atoms with E-state index >= 15 is 0 Å². The van der Waals surface area contributed by atoms with Crippen LogP contribution >= 0.6 is 11.6 Å². The van der Waals surface area contributed by atoms with Gasteiger partial charge in [0.2, 0.25) is 0 Å². The number of benzene rings is 2. The van der Waals surface area contributed by atoms with Crippen molar-refractivity contribution in [2.75, 3.05) is 4.90 Å². The summed E-state index contributed by atoms with van der Waals surface area (Å²) >= 11 is 6.21. The van der Waals surface area contributed by atoms with Gasteiger partial charge in [0.25, 0.3) is 5.91 Å². The van der Waals surface area contributed by atoms with Gasteiger partial charge in [0.05, 0.1) is 12.1 Å². The van der Waals surface area contributed by atoms with Crippen LogP contribution in [0.25, 0.3) is 0 Å². The van der Waals surface area contributed by atoms with E-state index in [1.807, 2.05) is 44.2 Å². The van der Waals surface area contributed by atoms with Crippen LogP contribution in [0.3, 0.4) is 0 Å². The highest BCUT2D eigenvalue weighted by atomic mass is 35.5. The Morgan fingerprint density at radius 1 is 1.23 bits per heavy atom. The Kier molecular flexibility index (Phi) is 5.30. The topological polar surface area (TPSA) is 66.8 Å². The number of nitrogens with zero attached hydrogens (tertiary/aromatic N) is 1. The summed E-state index contributed by atoms with van der Waals surface area (Å²) in [5.41, 5.74) is 2.28. The van der Waals surface area contributed by atoms with Gasteiger partial charge in [-0.1, -0.05) is 41.9 Å². The Bertz CT molecular complexity index is 822. The summed E-state index contributed by atoms with van der Waals surface area (Å²) in [6.07, 6.45) is -2.05. The molecular formula is C20H20ClNO4. The second-order valence-electron chi connectivity index (χ2n) is 6.52. The van der Waals surface area contributed by atoms with Crippen molar-refractivity contribution in [1.29, 1.82) is 0 Å². The lowest BCUT2D eigenvalue weighted by Crippen LogP contribution is -2.44. The molecule has 0 fully saturated rings. The zero-order chi connectivity index (χ0) is 18.8. The molecule has 2 atom stereocenters. The number of rotatable bonds is 4. The van der Waals surface area contributed by atoms with Gasteiger partial charge in [-0.25, -0.2) is 0 Å². The fraction of sp³-hybridized carbons (Fsp3) is 0.300. The SMILES string of the molecule is CC(C)N1C(=O)C(CC(=O)O)OC(c2ccccc2)c2cc(Cl)ccc21. The third kappa shape index (κ3) is 3.59. The van der Waals surface area contributed by atoms with Crippen molar-refractivity contribution in [2.24, 2.45) is 0 Å². The van der Waals surface area contributed by atoms with E-state index in [0.717, 1.165) is 11.1 Å². The smallest absolute Gasteiger partial charge is 0.306 e. The van der Waals surface area contributed by atoms with Crippen LogP contribution in [-0.4, -0.2) is 29.1 Å².